The second kappa shape index (κ2) is 6.38. The van der Waals surface area contributed by atoms with E-state index in [2.05, 4.69) is 10.0 Å². The summed E-state index contributed by atoms with van der Waals surface area (Å²) in [6.07, 6.45) is 1.02. The van der Waals surface area contributed by atoms with Crippen molar-refractivity contribution in [3.05, 3.63) is 53.1 Å². The molecule has 2 aromatic carbocycles. The third-order valence-corrected chi connectivity index (χ3v) is 4.44. The van der Waals surface area contributed by atoms with Crippen molar-refractivity contribution in [1.29, 1.82) is 0 Å². The minimum absolute atomic E-state index is 0.0853. The molecule has 0 aromatic heterocycles. The molecule has 0 saturated carbocycles. The van der Waals surface area contributed by atoms with Crippen LogP contribution in [0.25, 0.3) is 0 Å². The Balaban J connectivity index is 1.95. The highest BCUT2D eigenvalue weighted by molar-refractivity contribution is 7.92. The molecule has 2 aromatic rings. The van der Waals surface area contributed by atoms with Crippen molar-refractivity contribution in [2.24, 2.45) is 0 Å². The van der Waals surface area contributed by atoms with E-state index < -0.39 is 15.9 Å². The zero-order valence-electron chi connectivity index (χ0n) is 13.1. The third kappa shape index (κ3) is 3.75. The zero-order valence-corrected chi connectivity index (χ0v) is 14.7. The van der Waals surface area contributed by atoms with E-state index in [0.29, 0.717) is 11.4 Å². The van der Waals surface area contributed by atoms with Crippen LogP contribution in [0.2, 0.25) is 5.02 Å². The average Bonchev–Trinajstić information content (AvgIpc) is 2.52. The van der Waals surface area contributed by atoms with Gasteiger partial charge in [0.2, 0.25) is 15.9 Å². The summed E-state index contributed by atoms with van der Waals surface area (Å²) in [5.74, 6) is -0.753. The third-order valence-electron chi connectivity index (χ3n) is 3.52. The van der Waals surface area contributed by atoms with Crippen LogP contribution in [0.1, 0.15) is 10.4 Å². The van der Waals surface area contributed by atoms with Crippen LogP contribution in [-0.2, 0) is 14.8 Å². The summed E-state index contributed by atoms with van der Waals surface area (Å²) in [6.45, 7) is -0.129. The molecular formula is C16H14ClN3O4S. The van der Waals surface area contributed by atoms with Gasteiger partial charge in [0.05, 0.1) is 28.2 Å². The van der Waals surface area contributed by atoms with Gasteiger partial charge in [0.1, 0.15) is 6.54 Å². The van der Waals surface area contributed by atoms with Gasteiger partial charge in [0.25, 0.3) is 5.91 Å². The first-order chi connectivity index (χ1) is 11.7. The van der Waals surface area contributed by atoms with Crippen molar-refractivity contribution in [2.75, 3.05) is 27.7 Å². The van der Waals surface area contributed by atoms with Gasteiger partial charge in [-0.3, -0.25) is 19.2 Å². The molecule has 2 amide bonds. The number of anilines is 3. The monoisotopic (exact) mass is 379 g/mol. The number of rotatable bonds is 3. The number of hydrogen-bond donors (Lipinski definition) is 2. The molecule has 0 saturated heterocycles. The van der Waals surface area contributed by atoms with Gasteiger partial charge in [-0.25, -0.2) is 8.42 Å². The molecule has 0 spiro atoms. The van der Waals surface area contributed by atoms with Crippen molar-refractivity contribution < 1.29 is 18.0 Å². The molecular weight excluding hydrogens is 366 g/mol. The molecule has 25 heavy (non-hydrogen) atoms. The Kier molecular flexibility index (Phi) is 4.40. The Morgan fingerprint density at radius 1 is 1.24 bits per heavy atom. The zero-order chi connectivity index (χ0) is 18.2. The first-order valence-electron chi connectivity index (χ1n) is 7.23. The molecule has 130 valence electrons. The van der Waals surface area contributed by atoms with Crippen molar-refractivity contribution in [3.63, 3.8) is 0 Å². The lowest BCUT2D eigenvalue weighted by Gasteiger charge is -2.29. The summed E-state index contributed by atoms with van der Waals surface area (Å²) in [6, 6.07) is 11.2. The first kappa shape index (κ1) is 17.2. The Hall–Kier alpha value is -2.58. The van der Waals surface area contributed by atoms with Gasteiger partial charge in [-0.2, -0.15) is 0 Å². The van der Waals surface area contributed by atoms with Crippen LogP contribution >= 0.6 is 11.6 Å². The number of nitrogens with one attached hydrogen (secondary N) is 2. The summed E-state index contributed by atoms with van der Waals surface area (Å²) in [7, 11) is -3.45. The summed E-state index contributed by atoms with van der Waals surface area (Å²) in [5.41, 5.74) is 1.53. The smallest absolute Gasteiger partial charge is 0.260 e. The molecule has 9 heteroatoms. The summed E-state index contributed by atoms with van der Waals surface area (Å²) >= 11 is 6.15. The second-order valence-corrected chi connectivity index (χ2v) is 7.68. The molecule has 0 atom stereocenters. The number of hydrogen-bond acceptors (Lipinski definition) is 4. The molecule has 2 N–H and O–H groups in total. The maximum atomic E-state index is 12.8. The van der Waals surface area contributed by atoms with Crippen molar-refractivity contribution in [1.82, 2.24) is 0 Å². The number of carbonyl (C=O) groups is 2. The van der Waals surface area contributed by atoms with Crippen LogP contribution in [0, 0.1) is 0 Å². The predicted octanol–water partition coefficient (Wildman–Crippen LogP) is 2.31. The molecule has 1 aliphatic rings. The van der Waals surface area contributed by atoms with E-state index in [0.717, 1.165) is 6.26 Å². The molecule has 0 bridgehead atoms. The highest BCUT2D eigenvalue weighted by Gasteiger charge is 2.28. The molecule has 0 radical (unpaired) electrons. The number of halogens is 1. The van der Waals surface area contributed by atoms with Crippen LogP contribution in [0.4, 0.5) is 17.1 Å². The maximum absolute atomic E-state index is 12.8. The molecule has 0 fully saturated rings. The minimum Gasteiger partial charge on any atom is -0.323 e. The van der Waals surface area contributed by atoms with Crippen molar-refractivity contribution in [3.8, 4) is 0 Å². The van der Waals surface area contributed by atoms with E-state index in [9.17, 15) is 18.0 Å². The molecule has 0 aliphatic carbocycles. The van der Waals surface area contributed by atoms with Gasteiger partial charge in [0.15, 0.2) is 0 Å². The average molecular weight is 380 g/mol. The number of nitrogens with zero attached hydrogens (tertiary/aromatic N) is 1. The molecule has 3 rings (SSSR count). The largest absolute Gasteiger partial charge is 0.323 e. The van der Waals surface area contributed by atoms with Crippen LogP contribution in [0.5, 0.6) is 0 Å². The number of carbonyl (C=O) groups excluding carboxylic acids is 2. The van der Waals surface area contributed by atoms with E-state index in [1.54, 1.807) is 24.3 Å². The minimum atomic E-state index is -3.45. The lowest BCUT2D eigenvalue weighted by Crippen LogP contribution is -2.42. The lowest BCUT2D eigenvalue weighted by molar-refractivity contribution is -0.115. The Bertz CT molecular complexity index is 975. The van der Waals surface area contributed by atoms with E-state index in [1.165, 1.54) is 23.1 Å². The standard InChI is InChI=1S/C16H14ClN3O4S/c1-25(23,24)19-10-6-7-11(12(17)8-10)16(22)20-9-15(21)18-13-4-2-3-5-14(13)20/h2-8,19H,9H2,1H3,(H,18,21). The molecule has 7 nitrogen and oxygen atoms in total. The fourth-order valence-corrected chi connectivity index (χ4v) is 3.34. The highest BCUT2D eigenvalue weighted by atomic mass is 35.5. The van der Waals surface area contributed by atoms with E-state index >= 15 is 0 Å². The Morgan fingerprint density at radius 2 is 1.96 bits per heavy atom. The van der Waals surface area contributed by atoms with Crippen LogP contribution in [0.3, 0.4) is 0 Å². The molecule has 1 aliphatic heterocycles. The number of benzene rings is 2. The summed E-state index contributed by atoms with van der Waals surface area (Å²) in [4.78, 5) is 26.0. The Labute approximate surface area is 149 Å². The fraction of sp³-hybridized carbons (Fsp3) is 0.125. The van der Waals surface area contributed by atoms with E-state index in [1.807, 2.05) is 0 Å². The van der Waals surface area contributed by atoms with Gasteiger partial charge in [-0.05, 0) is 30.3 Å². The van der Waals surface area contributed by atoms with Crippen molar-refractivity contribution >= 4 is 50.5 Å². The SMILES string of the molecule is CS(=O)(=O)Nc1ccc(C(=O)N2CC(=O)Nc3ccccc32)c(Cl)c1. The quantitative estimate of drug-likeness (QED) is 0.855. The maximum Gasteiger partial charge on any atom is 0.260 e. The normalized spacial score (nSPS) is 13.8. The van der Waals surface area contributed by atoms with Gasteiger partial charge in [-0.1, -0.05) is 23.7 Å². The summed E-state index contributed by atoms with van der Waals surface area (Å²) in [5, 5.41) is 2.79. The van der Waals surface area contributed by atoms with Crippen LogP contribution in [-0.4, -0.2) is 33.0 Å². The molecule has 1 heterocycles. The van der Waals surface area contributed by atoms with E-state index in [-0.39, 0.29) is 28.7 Å². The predicted molar refractivity (Wildman–Crippen MR) is 96.7 cm³/mol. The van der Waals surface area contributed by atoms with Crippen LogP contribution in [0.15, 0.2) is 42.5 Å². The van der Waals surface area contributed by atoms with E-state index in [4.69, 9.17) is 11.6 Å². The number of fused-ring (bicyclic) bond motifs is 1. The second-order valence-electron chi connectivity index (χ2n) is 5.53. The van der Waals surface area contributed by atoms with Gasteiger partial charge in [-0.15, -0.1) is 0 Å². The first-order valence-corrected chi connectivity index (χ1v) is 9.49. The number of para-hydroxylation sites is 2. The lowest BCUT2D eigenvalue weighted by atomic mass is 10.1. The fourth-order valence-electron chi connectivity index (χ4n) is 2.53. The van der Waals surface area contributed by atoms with Gasteiger partial charge < -0.3 is 5.32 Å². The topological polar surface area (TPSA) is 95.6 Å². The van der Waals surface area contributed by atoms with Crippen LogP contribution < -0.4 is 14.9 Å². The van der Waals surface area contributed by atoms with Gasteiger partial charge in [0, 0.05) is 5.69 Å². The summed E-state index contributed by atoms with van der Waals surface area (Å²) < 4.78 is 24.8. The Morgan fingerprint density at radius 3 is 2.64 bits per heavy atom. The number of sulfonamides is 1. The van der Waals surface area contributed by atoms with Crippen molar-refractivity contribution in [2.45, 2.75) is 0 Å². The highest BCUT2D eigenvalue weighted by Crippen LogP contribution is 2.31. The van der Waals surface area contributed by atoms with Gasteiger partial charge >= 0.3 is 0 Å². The molecule has 0 unspecified atom stereocenters. The number of amides is 2.